The summed E-state index contributed by atoms with van der Waals surface area (Å²) in [6.07, 6.45) is 3.50. The van der Waals surface area contributed by atoms with Crippen LogP contribution in [0.3, 0.4) is 0 Å². The van der Waals surface area contributed by atoms with Crippen molar-refractivity contribution < 1.29 is 9.53 Å². The second-order valence-electron chi connectivity index (χ2n) is 9.08. The smallest absolute Gasteiger partial charge is 0.252 e. The second-order valence-corrected chi connectivity index (χ2v) is 9.08. The van der Waals surface area contributed by atoms with E-state index in [1.54, 1.807) is 0 Å². The Labute approximate surface area is 179 Å². The van der Waals surface area contributed by atoms with Gasteiger partial charge < -0.3 is 14.5 Å². The van der Waals surface area contributed by atoms with Crippen LogP contribution in [0.15, 0.2) is 60.7 Å². The van der Waals surface area contributed by atoms with Crippen LogP contribution in [0.25, 0.3) is 0 Å². The number of piperidine rings is 1. The van der Waals surface area contributed by atoms with Crippen LogP contribution in [0.2, 0.25) is 0 Å². The normalized spacial score (nSPS) is 26.3. The lowest BCUT2D eigenvalue weighted by Crippen LogP contribution is -2.47. The van der Waals surface area contributed by atoms with Gasteiger partial charge in [-0.15, -0.1) is 0 Å². The molecule has 0 aromatic heterocycles. The highest BCUT2D eigenvalue weighted by Gasteiger charge is 2.45. The topological polar surface area (TPSA) is 36.0 Å². The number of hydrogen-bond donors (Lipinski definition) is 0. The van der Waals surface area contributed by atoms with Gasteiger partial charge in [0.2, 0.25) is 0 Å². The fourth-order valence-corrected chi connectivity index (χ4v) is 5.40. The predicted octanol–water partition coefficient (Wildman–Crippen LogP) is 3.41. The third-order valence-electron chi connectivity index (χ3n) is 7.07. The minimum absolute atomic E-state index is 0.0402. The quantitative estimate of drug-likeness (QED) is 0.784. The van der Waals surface area contributed by atoms with Gasteiger partial charge in [-0.2, -0.15) is 0 Å². The van der Waals surface area contributed by atoms with E-state index < -0.39 is 0 Å². The lowest BCUT2D eigenvalue weighted by molar-refractivity contribution is -0.122. The van der Waals surface area contributed by atoms with E-state index in [4.69, 9.17) is 4.74 Å². The van der Waals surface area contributed by atoms with Crippen LogP contribution < -0.4 is 9.80 Å². The van der Waals surface area contributed by atoms with Gasteiger partial charge in [-0.05, 0) is 50.1 Å². The zero-order valence-electron chi connectivity index (χ0n) is 17.6. The summed E-state index contributed by atoms with van der Waals surface area (Å²) < 4.78 is 5.88. The highest BCUT2D eigenvalue weighted by Crippen LogP contribution is 2.37. The van der Waals surface area contributed by atoms with Gasteiger partial charge in [0.05, 0.1) is 6.61 Å². The lowest BCUT2D eigenvalue weighted by atomic mass is 9.87. The number of carbonyl (C=O) groups excluding carboxylic acids is 1. The van der Waals surface area contributed by atoms with Crippen molar-refractivity contribution in [2.24, 2.45) is 5.41 Å². The molecule has 5 heteroatoms. The van der Waals surface area contributed by atoms with Crippen molar-refractivity contribution in [3.63, 3.8) is 0 Å². The minimum Gasteiger partial charge on any atom is -0.371 e. The predicted molar refractivity (Wildman–Crippen MR) is 120 cm³/mol. The zero-order valence-corrected chi connectivity index (χ0v) is 17.6. The summed E-state index contributed by atoms with van der Waals surface area (Å²) in [4.78, 5) is 19.8. The van der Waals surface area contributed by atoms with Crippen LogP contribution in [0.1, 0.15) is 19.3 Å². The molecule has 1 unspecified atom stereocenters. The Balaban J connectivity index is 1.24. The summed E-state index contributed by atoms with van der Waals surface area (Å²) in [5.74, 6) is 0.0766. The maximum atomic E-state index is 12.7. The molecular formula is C25H31N3O2. The third-order valence-corrected chi connectivity index (χ3v) is 7.07. The number of amides is 1. The summed E-state index contributed by atoms with van der Waals surface area (Å²) in [5, 5.41) is 0. The van der Waals surface area contributed by atoms with Crippen LogP contribution in [0, 0.1) is 5.41 Å². The van der Waals surface area contributed by atoms with E-state index in [0.29, 0.717) is 12.6 Å². The average molecular weight is 406 g/mol. The van der Waals surface area contributed by atoms with E-state index in [9.17, 15) is 4.79 Å². The Morgan fingerprint density at radius 2 is 1.50 bits per heavy atom. The molecule has 2 aromatic rings. The fraction of sp³-hybridized carbons (Fsp3) is 0.480. The molecule has 1 spiro atoms. The van der Waals surface area contributed by atoms with Gasteiger partial charge in [-0.3, -0.25) is 9.69 Å². The first-order valence-electron chi connectivity index (χ1n) is 11.2. The summed E-state index contributed by atoms with van der Waals surface area (Å²) in [6.45, 7) is 5.99. The number of para-hydroxylation sites is 2. The van der Waals surface area contributed by atoms with Crippen LogP contribution in [0.5, 0.6) is 0 Å². The van der Waals surface area contributed by atoms with E-state index in [2.05, 4.69) is 40.1 Å². The molecule has 3 heterocycles. The summed E-state index contributed by atoms with van der Waals surface area (Å²) in [7, 11) is 0. The van der Waals surface area contributed by atoms with Crippen molar-refractivity contribution in [1.29, 1.82) is 0 Å². The van der Waals surface area contributed by atoms with Gasteiger partial charge in [-0.1, -0.05) is 36.4 Å². The molecule has 2 aromatic carbocycles. The molecule has 30 heavy (non-hydrogen) atoms. The molecule has 158 valence electrons. The maximum Gasteiger partial charge on any atom is 0.252 e. The minimum atomic E-state index is 0.0402. The molecule has 0 radical (unpaired) electrons. The van der Waals surface area contributed by atoms with Crippen molar-refractivity contribution in [3.8, 4) is 0 Å². The van der Waals surface area contributed by atoms with Gasteiger partial charge in [0.25, 0.3) is 5.91 Å². The van der Waals surface area contributed by atoms with Gasteiger partial charge in [0.15, 0.2) is 0 Å². The molecule has 0 saturated carbocycles. The largest absolute Gasteiger partial charge is 0.371 e. The van der Waals surface area contributed by atoms with Crippen molar-refractivity contribution in [3.05, 3.63) is 60.7 Å². The summed E-state index contributed by atoms with van der Waals surface area (Å²) >= 11 is 0. The molecule has 0 bridgehead atoms. The first kappa shape index (κ1) is 19.6. The number of hydrogen-bond acceptors (Lipinski definition) is 4. The third kappa shape index (κ3) is 3.96. The first-order chi connectivity index (χ1) is 14.7. The Morgan fingerprint density at radius 1 is 0.833 bits per heavy atom. The fourth-order valence-electron chi connectivity index (χ4n) is 5.40. The molecule has 3 aliphatic rings. The first-order valence-corrected chi connectivity index (χ1v) is 11.2. The molecule has 3 aliphatic heterocycles. The molecule has 5 nitrogen and oxygen atoms in total. The van der Waals surface area contributed by atoms with Crippen molar-refractivity contribution in [1.82, 2.24) is 4.90 Å². The molecule has 1 amide bonds. The molecule has 1 atom stereocenters. The number of nitrogens with zero attached hydrogens (tertiary/aromatic N) is 3. The number of likely N-dealkylation sites (tertiary alicyclic amines) is 1. The van der Waals surface area contributed by atoms with E-state index in [0.717, 1.165) is 44.8 Å². The molecule has 0 aliphatic carbocycles. The molecular weight excluding hydrogens is 374 g/mol. The van der Waals surface area contributed by atoms with Crippen molar-refractivity contribution in [2.45, 2.75) is 25.3 Å². The van der Waals surface area contributed by atoms with Gasteiger partial charge in [0, 0.05) is 49.0 Å². The number of rotatable bonds is 3. The highest BCUT2D eigenvalue weighted by molar-refractivity contribution is 5.94. The highest BCUT2D eigenvalue weighted by atomic mass is 16.5. The van der Waals surface area contributed by atoms with Crippen molar-refractivity contribution in [2.75, 3.05) is 55.7 Å². The molecule has 3 fully saturated rings. The Morgan fingerprint density at radius 3 is 2.20 bits per heavy atom. The van der Waals surface area contributed by atoms with E-state index in [-0.39, 0.29) is 17.9 Å². The molecule has 0 N–H and O–H groups in total. The van der Waals surface area contributed by atoms with E-state index >= 15 is 0 Å². The second kappa shape index (κ2) is 8.40. The summed E-state index contributed by atoms with van der Waals surface area (Å²) in [6, 6.07) is 21.4. The lowest BCUT2D eigenvalue weighted by Gasteiger charge is -2.39. The van der Waals surface area contributed by atoms with Crippen LogP contribution >= 0.6 is 0 Å². The van der Waals surface area contributed by atoms with E-state index in [1.807, 2.05) is 35.2 Å². The average Bonchev–Trinajstić information content (AvgIpc) is 3.15. The number of benzene rings is 2. The van der Waals surface area contributed by atoms with Crippen LogP contribution in [0.4, 0.5) is 11.4 Å². The number of ether oxygens (including phenoxy) is 1. The Bertz CT molecular complexity index is 851. The number of carbonyl (C=O) groups is 1. The SMILES string of the molecule is O=C1COCC2(CCN(C3CCN(c4ccccc4)CC3)C2)CN1c1ccccc1. The standard InChI is InChI=1S/C25H31N3O2/c29-24-17-30-20-25(19-28(24)23-9-5-2-6-10-23)13-16-27(18-25)22-11-14-26(15-12-22)21-7-3-1-4-8-21/h1-10,22H,11-20H2. The van der Waals surface area contributed by atoms with Crippen LogP contribution in [-0.4, -0.2) is 62.8 Å². The monoisotopic (exact) mass is 405 g/mol. The summed E-state index contributed by atoms with van der Waals surface area (Å²) in [5.41, 5.74) is 2.36. The molecule has 3 saturated heterocycles. The Kier molecular flexibility index (Phi) is 5.48. The van der Waals surface area contributed by atoms with Crippen LogP contribution in [-0.2, 0) is 9.53 Å². The van der Waals surface area contributed by atoms with Gasteiger partial charge in [-0.25, -0.2) is 0 Å². The van der Waals surface area contributed by atoms with Gasteiger partial charge in [0.1, 0.15) is 6.61 Å². The van der Waals surface area contributed by atoms with Crippen molar-refractivity contribution >= 4 is 17.3 Å². The maximum absolute atomic E-state index is 12.7. The number of anilines is 2. The zero-order chi connectivity index (χ0) is 20.4. The van der Waals surface area contributed by atoms with Gasteiger partial charge >= 0.3 is 0 Å². The Hall–Kier alpha value is -2.37. The molecule has 5 rings (SSSR count). The van der Waals surface area contributed by atoms with E-state index in [1.165, 1.54) is 18.5 Å².